The summed E-state index contributed by atoms with van der Waals surface area (Å²) in [5.74, 6) is 0.250. The largest absolute Gasteiger partial charge is 0.340 e. The Hall–Kier alpha value is -1.43. The lowest BCUT2D eigenvalue weighted by molar-refractivity contribution is -0.155. The number of rotatable bonds is 3. The number of carbonyl (C=O) groups excluding carboxylic acids is 2. The molecule has 2 aliphatic rings. The summed E-state index contributed by atoms with van der Waals surface area (Å²) in [5, 5.41) is 3.84. The van der Waals surface area contributed by atoms with Gasteiger partial charge in [0.05, 0.1) is 12.2 Å². The molecule has 2 amide bonds. The second-order valence-corrected chi connectivity index (χ2v) is 7.61. The Kier molecular flexibility index (Phi) is 3.31. The zero-order valence-corrected chi connectivity index (χ0v) is 13.7. The zero-order chi connectivity index (χ0) is 15.4. The van der Waals surface area contributed by atoms with Gasteiger partial charge in [-0.15, -0.1) is 11.3 Å². The summed E-state index contributed by atoms with van der Waals surface area (Å²) < 4.78 is 0. The standard InChI is InChI=1S/C15H21N3O2S/c1-8-10(3)21-12(16-8)7-18-9(2)13(19)17-15(4,14(18)20)11-5-6-11/h9,11H,5-7H2,1-4H3,(H,17,19). The monoisotopic (exact) mass is 307 g/mol. The van der Waals surface area contributed by atoms with Crippen molar-refractivity contribution in [2.45, 2.75) is 58.7 Å². The zero-order valence-electron chi connectivity index (χ0n) is 12.9. The van der Waals surface area contributed by atoms with E-state index in [2.05, 4.69) is 10.3 Å². The molecule has 1 N–H and O–H groups in total. The van der Waals surface area contributed by atoms with Crippen molar-refractivity contribution in [3.05, 3.63) is 15.6 Å². The molecule has 2 fully saturated rings. The molecule has 2 heterocycles. The first-order chi connectivity index (χ1) is 9.83. The minimum atomic E-state index is -0.731. The highest BCUT2D eigenvalue weighted by atomic mass is 32.1. The Morgan fingerprint density at radius 3 is 2.57 bits per heavy atom. The number of amides is 2. The number of aromatic nitrogens is 1. The van der Waals surface area contributed by atoms with Crippen molar-refractivity contribution in [3.8, 4) is 0 Å². The normalized spacial score (nSPS) is 29.7. The van der Waals surface area contributed by atoms with Gasteiger partial charge in [0.25, 0.3) is 0 Å². The molecular weight excluding hydrogens is 286 g/mol. The van der Waals surface area contributed by atoms with Crippen molar-refractivity contribution in [1.29, 1.82) is 0 Å². The number of carbonyl (C=O) groups is 2. The predicted molar refractivity (Wildman–Crippen MR) is 80.9 cm³/mol. The first kappa shape index (κ1) is 14.5. The van der Waals surface area contributed by atoms with E-state index >= 15 is 0 Å². The molecule has 1 aliphatic carbocycles. The second-order valence-electron chi connectivity index (χ2n) is 6.32. The molecule has 0 radical (unpaired) electrons. The molecule has 21 heavy (non-hydrogen) atoms. The maximum Gasteiger partial charge on any atom is 0.249 e. The van der Waals surface area contributed by atoms with E-state index in [1.807, 2.05) is 20.8 Å². The van der Waals surface area contributed by atoms with Crippen LogP contribution in [0.2, 0.25) is 0 Å². The molecule has 0 aromatic carbocycles. The summed E-state index contributed by atoms with van der Waals surface area (Å²) in [6.45, 7) is 8.07. The first-order valence-electron chi connectivity index (χ1n) is 7.39. The second kappa shape index (κ2) is 4.80. The molecule has 1 aromatic rings. The van der Waals surface area contributed by atoms with Gasteiger partial charge in [-0.05, 0) is 46.5 Å². The van der Waals surface area contributed by atoms with E-state index in [1.54, 1.807) is 23.2 Å². The van der Waals surface area contributed by atoms with Crippen LogP contribution in [0.5, 0.6) is 0 Å². The summed E-state index contributed by atoms with van der Waals surface area (Å²) in [6.07, 6.45) is 2.03. The molecule has 6 heteroatoms. The van der Waals surface area contributed by atoms with Gasteiger partial charge in [0.15, 0.2) is 0 Å². The fraction of sp³-hybridized carbons (Fsp3) is 0.667. The molecule has 1 aliphatic heterocycles. The van der Waals surface area contributed by atoms with Gasteiger partial charge >= 0.3 is 0 Å². The average molecular weight is 307 g/mol. The van der Waals surface area contributed by atoms with Crippen LogP contribution in [0.4, 0.5) is 0 Å². The van der Waals surface area contributed by atoms with Crippen LogP contribution in [-0.2, 0) is 16.1 Å². The number of thiazole rings is 1. The number of hydrogen-bond donors (Lipinski definition) is 1. The van der Waals surface area contributed by atoms with E-state index in [0.29, 0.717) is 6.54 Å². The lowest BCUT2D eigenvalue weighted by atomic mass is 9.90. The number of piperazine rings is 1. The van der Waals surface area contributed by atoms with Crippen molar-refractivity contribution in [1.82, 2.24) is 15.2 Å². The third kappa shape index (κ3) is 2.35. The SMILES string of the molecule is Cc1nc(CN2C(=O)C(C)(C3CC3)NC(=O)C2C)sc1C. The minimum Gasteiger partial charge on any atom is -0.340 e. The molecule has 114 valence electrons. The van der Waals surface area contributed by atoms with E-state index in [4.69, 9.17) is 0 Å². The minimum absolute atomic E-state index is 0.0302. The van der Waals surface area contributed by atoms with Crippen LogP contribution in [-0.4, -0.2) is 33.3 Å². The van der Waals surface area contributed by atoms with E-state index < -0.39 is 11.6 Å². The van der Waals surface area contributed by atoms with Gasteiger partial charge in [0, 0.05) is 4.88 Å². The number of aryl methyl sites for hydroxylation is 2. The van der Waals surface area contributed by atoms with Crippen LogP contribution in [0.25, 0.3) is 0 Å². The van der Waals surface area contributed by atoms with Gasteiger partial charge < -0.3 is 10.2 Å². The molecule has 1 saturated carbocycles. The molecular formula is C15H21N3O2S. The smallest absolute Gasteiger partial charge is 0.249 e. The Bertz CT molecular complexity index is 589. The quantitative estimate of drug-likeness (QED) is 0.926. The van der Waals surface area contributed by atoms with Crippen LogP contribution >= 0.6 is 11.3 Å². The van der Waals surface area contributed by atoms with Gasteiger partial charge in [0.1, 0.15) is 16.6 Å². The highest BCUT2D eigenvalue weighted by Crippen LogP contribution is 2.42. The molecule has 1 aromatic heterocycles. The van der Waals surface area contributed by atoms with Gasteiger partial charge in [0.2, 0.25) is 11.8 Å². The maximum absolute atomic E-state index is 12.9. The number of nitrogens with one attached hydrogen (secondary N) is 1. The Labute approximate surface area is 128 Å². The molecule has 0 spiro atoms. The van der Waals surface area contributed by atoms with Crippen molar-refractivity contribution in [2.24, 2.45) is 5.92 Å². The van der Waals surface area contributed by atoms with Crippen LogP contribution < -0.4 is 5.32 Å². The maximum atomic E-state index is 12.9. The topological polar surface area (TPSA) is 62.3 Å². The summed E-state index contributed by atoms with van der Waals surface area (Å²) in [5.41, 5.74) is 0.270. The van der Waals surface area contributed by atoms with Crippen LogP contribution in [0, 0.1) is 19.8 Å². The number of hydrogen-bond acceptors (Lipinski definition) is 4. The molecule has 2 atom stereocenters. The van der Waals surface area contributed by atoms with Crippen LogP contribution in [0.3, 0.4) is 0 Å². The van der Waals surface area contributed by atoms with Gasteiger partial charge in [-0.25, -0.2) is 4.98 Å². The Morgan fingerprint density at radius 1 is 1.38 bits per heavy atom. The van der Waals surface area contributed by atoms with Crippen molar-refractivity contribution in [2.75, 3.05) is 0 Å². The molecule has 5 nitrogen and oxygen atoms in total. The van der Waals surface area contributed by atoms with E-state index in [1.165, 1.54) is 0 Å². The Balaban J connectivity index is 1.87. The Morgan fingerprint density at radius 2 is 2.05 bits per heavy atom. The predicted octanol–water partition coefficient (Wildman–Crippen LogP) is 1.78. The van der Waals surface area contributed by atoms with Crippen molar-refractivity contribution < 1.29 is 9.59 Å². The van der Waals surface area contributed by atoms with Gasteiger partial charge in [-0.2, -0.15) is 0 Å². The summed E-state index contributed by atoms with van der Waals surface area (Å²) in [6, 6.07) is -0.436. The number of nitrogens with zero attached hydrogens (tertiary/aromatic N) is 2. The van der Waals surface area contributed by atoms with Crippen molar-refractivity contribution >= 4 is 23.2 Å². The summed E-state index contributed by atoms with van der Waals surface area (Å²) >= 11 is 1.60. The van der Waals surface area contributed by atoms with E-state index in [9.17, 15) is 9.59 Å². The molecule has 2 unspecified atom stereocenters. The molecule has 1 saturated heterocycles. The third-order valence-electron chi connectivity index (χ3n) is 4.71. The fourth-order valence-corrected chi connectivity index (χ4v) is 3.86. The third-order valence-corrected chi connectivity index (χ3v) is 5.76. The fourth-order valence-electron chi connectivity index (χ4n) is 2.93. The molecule has 3 rings (SSSR count). The van der Waals surface area contributed by atoms with E-state index in [-0.39, 0.29) is 17.7 Å². The van der Waals surface area contributed by atoms with Gasteiger partial charge in [-0.3, -0.25) is 9.59 Å². The average Bonchev–Trinajstić information content (AvgIpc) is 3.21. The summed E-state index contributed by atoms with van der Waals surface area (Å²) in [7, 11) is 0. The lowest BCUT2D eigenvalue weighted by Gasteiger charge is -2.43. The molecule has 0 bridgehead atoms. The highest BCUT2D eigenvalue weighted by Gasteiger charge is 2.54. The summed E-state index contributed by atoms with van der Waals surface area (Å²) in [4.78, 5) is 32.5. The lowest BCUT2D eigenvalue weighted by Crippen LogP contribution is -2.69. The van der Waals surface area contributed by atoms with Crippen LogP contribution in [0.1, 0.15) is 42.3 Å². The highest BCUT2D eigenvalue weighted by molar-refractivity contribution is 7.11. The first-order valence-corrected chi connectivity index (χ1v) is 8.20. The van der Waals surface area contributed by atoms with Crippen LogP contribution in [0.15, 0.2) is 0 Å². The van der Waals surface area contributed by atoms with E-state index in [0.717, 1.165) is 28.4 Å². The van der Waals surface area contributed by atoms with Crippen molar-refractivity contribution in [3.63, 3.8) is 0 Å². The van der Waals surface area contributed by atoms with Gasteiger partial charge in [-0.1, -0.05) is 0 Å².